The minimum absolute atomic E-state index is 0.0344. The average Bonchev–Trinajstić information content (AvgIpc) is 2.14. The number of rotatable bonds is 6. The first-order valence-corrected chi connectivity index (χ1v) is 7.47. The zero-order valence-electron chi connectivity index (χ0n) is 9.91. The van der Waals surface area contributed by atoms with E-state index in [9.17, 15) is 4.79 Å². The van der Waals surface area contributed by atoms with Gasteiger partial charge >= 0.3 is 0 Å². The van der Waals surface area contributed by atoms with E-state index in [0.29, 0.717) is 4.99 Å². The van der Waals surface area contributed by atoms with Crippen LogP contribution in [0.15, 0.2) is 0 Å². The molecular formula is C11H20N2OS2. The van der Waals surface area contributed by atoms with Crippen LogP contribution in [0.2, 0.25) is 0 Å². The van der Waals surface area contributed by atoms with Gasteiger partial charge in [-0.2, -0.15) is 11.8 Å². The van der Waals surface area contributed by atoms with Gasteiger partial charge in [-0.3, -0.25) is 4.79 Å². The minimum atomic E-state index is -0.541. The first-order valence-electron chi connectivity index (χ1n) is 5.66. The Morgan fingerprint density at radius 3 is 2.56 bits per heavy atom. The highest BCUT2D eigenvalue weighted by Gasteiger charge is 2.47. The van der Waals surface area contributed by atoms with Gasteiger partial charge in [-0.15, -0.1) is 0 Å². The fraction of sp³-hybridized carbons (Fsp3) is 0.818. The average molecular weight is 260 g/mol. The molecule has 0 aliphatic heterocycles. The molecule has 0 spiro atoms. The number of carbonyl (C=O) groups excluding carboxylic acids is 1. The maximum Gasteiger partial charge on any atom is 0.233 e. The van der Waals surface area contributed by atoms with Crippen molar-refractivity contribution < 1.29 is 4.79 Å². The molecule has 1 rings (SSSR count). The summed E-state index contributed by atoms with van der Waals surface area (Å²) in [6, 6.07) is 0.231. The summed E-state index contributed by atoms with van der Waals surface area (Å²) in [5, 5.41) is 3.06. The first-order chi connectivity index (χ1) is 7.56. The fourth-order valence-corrected chi connectivity index (χ4v) is 2.92. The highest BCUT2D eigenvalue weighted by atomic mass is 32.2. The van der Waals surface area contributed by atoms with Crippen molar-refractivity contribution in [1.82, 2.24) is 5.32 Å². The number of nitrogens with one attached hydrogen (secondary N) is 1. The Kier molecular flexibility index (Phi) is 5.05. The molecule has 1 atom stereocenters. The van der Waals surface area contributed by atoms with Gasteiger partial charge in [0.1, 0.15) is 0 Å². The van der Waals surface area contributed by atoms with Gasteiger partial charge in [-0.05, 0) is 25.5 Å². The molecule has 3 N–H and O–H groups in total. The van der Waals surface area contributed by atoms with Gasteiger partial charge in [-0.1, -0.05) is 25.6 Å². The van der Waals surface area contributed by atoms with Crippen molar-refractivity contribution in [2.75, 3.05) is 12.0 Å². The maximum absolute atomic E-state index is 12.1. The Hall–Kier alpha value is -0.290. The Bertz CT molecular complexity index is 277. The number of thioether (sulfide) groups is 1. The summed E-state index contributed by atoms with van der Waals surface area (Å²) in [6.07, 6.45) is 5.65. The SMILES string of the molecule is CCC(CSC)NC(=O)C1(C(N)=S)CCC1. The summed E-state index contributed by atoms with van der Waals surface area (Å²) >= 11 is 6.76. The molecule has 16 heavy (non-hydrogen) atoms. The van der Waals surface area contributed by atoms with Crippen LogP contribution >= 0.6 is 24.0 Å². The maximum atomic E-state index is 12.1. The number of thiocarbonyl (C=S) groups is 1. The molecule has 0 saturated heterocycles. The van der Waals surface area contributed by atoms with Gasteiger partial charge < -0.3 is 11.1 Å². The molecular weight excluding hydrogens is 240 g/mol. The Morgan fingerprint density at radius 1 is 1.62 bits per heavy atom. The third kappa shape index (κ3) is 2.69. The number of nitrogens with two attached hydrogens (primary N) is 1. The number of hydrogen-bond donors (Lipinski definition) is 2. The Morgan fingerprint density at radius 2 is 2.25 bits per heavy atom. The van der Waals surface area contributed by atoms with Gasteiger partial charge in [0.2, 0.25) is 5.91 Å². The van der Waals surface area contributed by atoms with Crippen LogP contribution in [0.25, 0.3) is 0 Å². The largest absolute Gasteiger partial charge is 0.392 e. The molecule has 0 radical (unpaired) electrons. The van der Waals surface area contributed by atoms with E-state index in [1.54, 1.807) is 11.8 Å². The van der Waals surface area contributed by atoms with Crippen molar-refractivity contribution in [3.05, 3.63) is 0 Å². The molecule has 1 aliphatic rings. The molecule has 0 bridgehead atoms. The van der Waals surface area contributed by atoms with Crippen molar-refractivity contribution in [3.8, 4) is 0 Å². The predicted molar refractivity (Wildman–Crippen MR) is 73.7 cm³/mol. The number of hydrogen-bond acceptors (Lipinski definition) is 3. The second-order valence-electron chi connectivity index (χ2n) is 4.33. The van der Waals surface area contributed by atoms with Crippen molar-refractivity contribution in [3.63, 3.8) is 0 Å². The molecule has 0 aromatic carbocycles. The topological polar surface area (TPSA) is 55.1 Å². The van der Waals surface area contributed by atoms with E-state index in [1.165, 1.54) is 0 Å². The second-order valence-corrected chi connectivity index (χ2v) is 5.68. The molecule has 0 aromatic rings. The molecule has 3 nitrogen and oxygen atoms in total. The molecule has 1 unspecified atom stereocenters. The van der Waals surface area contributed by atoms with Crippen LogP contribution in [0.5, 0.6) is 0 Å². The van der Waals surface area contributed by atoms with E-state index < -0.39 is 5.41 Å². The standard InChI is InChI=1S/C11H20N2OS2/c1-3-8(7-16-2)13-10(14)11(9(12)15)5-4-6-11/h8H,3-7H2,1-2H3,(H2,12,15)(H,13,14). The number of carbonyl (C=O) groups is 1. The zero-order chi connectivity index (χ0) is 12.2. The highest BCUT2D eigenvalue weighted by Crippen LogP contribution is 2.41. The van der Waals surface area contributed by atoms with Crippen LogP contribution in [0, 0.1) is 5.41 Å². The Balaban J connectivity index is 2.59. The lowest BCUT2D eigenvalue weighted by Gasteiger charge is -2.40. The molecule has 1 aliphatic carbocycles. The molecule has 1 saturated carbocycles. The van der Waals surface area contributed by atoms with Crippen LogP contribution in [0.1, 0.15) is 32.6 Å². The van der Waals surface area contributed by atoms with E-state index in [0.717, 1.165) is 31.4 Å². The molecule has 1 amide bonds. The second kappa shape index (κ2) is 5.87. The minimum Gasteiger partial charge on any atom is -0.392 e. The van der Waals surface area contributed by atoms with Crippen LogP contribution in [-0.4, -0.2) is 28.9 Å². The lowest BCUT2D eigenvalue weighted by atomic mass is 9.68. The summed E-state index contributed by atoms with van der Waals surface area (Å²) in [7, 11) is 0. The van der Waals surface area contributed by atoms with Crippen molar-refractivity contribution >= 4 is 34.9 Å². The monoisotopic (exact) mass is 260 g/mol. The Labute approximate surface area is 107 Å². The van der Waals surface area contributed by atoms with Gasteiger partial charge in [0, 0.05) is 11.8 Å². The summed E-state index contributed by atoms with van der Waals surface area (Å²) in [5.41, 5.74) is 5.15. The zero-order valence-corrected chi connectivity index (χ0v) is 11.5. The van der Waals surface area contributed by atoms with Gasteiger partial charge in [0.05, 0.1) is 10.4 Å². The summed E-state index contributed by atoms with van der Waals surface area (Å²) in [5.74, 6) is 0.975. The quantitative estimate of drug-likeness (QED) is 0.714. The molecule has 1 fully saturated rings. The van der Waals surface area contributed by atoms with Crippen LogP contribution < -0.4 is 11.1 Å². The van der Waals surface area contributed by atoms with Gasteiger partial charge in [-0.25, -0.2) is 0 Å². The van der Waals surface area contributed by atoms with Gasteiger partial charge in [0.15, 0.2) is 0 Å². The lowest BCUT2D eigenvalue weighted by molar-refractivity contribution is -0.131. The fourth-order valence-electron chi connectivity index (χ4n) is 1.90. The van der Waals surface area contributed by atoms with E-state index >= 15 is 0 Å². The van der Waals surface area contributed by atoms with Crippen molar-refractivity contribution in [2.45, 2.75) is 38.6 Å². The third-order valence-electron chi connectivity index (χ3n) is 3.31. The smallest absolute Gasteiger partial charge is 0.233 e. The highest BCUT2D eigenvalue weighted by molar-refractivity contribution is 7.98. The van der Waals surface area contributed by atoms with Crippen LogP contribution in [-0.2, 0) is 4.79 Å². The van der Waals surface area contributed by atoms with Crippen LogP contribution in [0.3, 0.4) is 0 Å². The lowest BCUT2D eigenvalue weighted by Crippen LogP contribution is -2.55. The van der Waals surface area contributed by atoms with Crippen molar-refractivity contribution in [1.29, 1.82) is 0 Å². The normalized spacial score (nSPS) is 19.6. The summed E-state index contributed by atoms with van der Waals surface area (Å²) in [4.78, 5) is 12.5. The van der Waals surface area contributed by atoms with Crippen molar-refractivity contribution in [2.24, 2.45) is 11.1 Å². The van der Waals surface area contributed by atoms with E-state index in [4.69, 9.17) is 18.0 Å². The predicted octanol–water partition coefficient (Wildman–Crippen LogP) is 1.70. The third-order valence-corrected chi connectivity index (χ3v) is 4.44. The number of amides is 1. The summed E-state index contributed by atoms with van der Waals surface area (Å²) < 4.78 is 0. The van der Waals surface area contributed by atoms with Crippen LogP contribution in [0.4, 0.5) is 0 Å². The van der Waals surface area contributed by atoms with Gasteiger partial charge in [0.25, 0.3) is 0 Å². The summed E-state index contributed by atoms with van der Waals surface area (Å²) in [6.45, 7) is 2.08. The molecule has 5 heteroatoms. The molecule has 0 heterocycles. The first kappa shape index (κ1) is 13.8. The molecule has 92 valence electrons. The van der Waals surface area contributed by atoms with E-state index in [-0.39, 0.29) is 11.9 Å². The van der Waals surface area contributed by atoms with E-state index in [1.807, 2.05) is 6.26 Å². The molecule has 0 aromatic heterocycles. The van der Waals surface area contributed by atoms with E-state index in [2.05, 4.69) is 12.2 Å².